The van der Waals surface area contributed by atoms with Crippen molar-refractivity contribution in [1.82, 2.24) is 0 Å². The van der Waals surface area contributed by atoms with Crippen molar-refractivity contribution in [2.45, 2.75) is 0 Å². The van der Waals surface area contributed by atoms with Crippen molar-refractivity contribution in [1.29, 1.82) is 0 Å². The van der Waals surface area contributed by atoms with Gasteiger partial charge in [-0.1, -0.05) is 6.07 Å². The molecule has 7 heteroatoms. The fourth-order valence-corrected chi connectivity index (χ4v) is 2.40. The summed E-state index contributed by atoms with van der Waals surface area (Å²) >= 11 is 3.15. The number of fused-ring (bicyclic) bond motifs is 1. The van der Waals surface area contributed by atoms with Crippen LogP contribution in [0, 0.1) is 10.1 Å². The first-order valence-electron chi connectivity index (χ1n) is 6.51. The molecule has 2 aromatic carbocycles. The van der Waals surface area contributed by atoms with Crippen LogP contribution in [-0.2, 0) is 0 Å². The summed E-state index contributed by atoms with van der Waals surface area (Å²) in [6.45, 7) is 1.05. The Bertz CT molecular complexity index is 761. The van der Waals surface area contributed by atoms with Crippen molar-refractivity contribution in [2.75, 3.05) is 13.2 Å². The van der Waals surface area contributed by atoms with Crippen LogP contribution >= 0.6 is 15.9 Å². The Labute approximate surface area is 134 Å². The van der Waals surface area contributed by atoms with Gasteiger partial charge >= 0.3 is 0 Å². The number of ether oxygens (including phenoxy) is 2. The first-order valence-corrected chi connectivity index (χ1v) is 7.30. The van der Waals surface area contributed by atoms with Crippen LogP contribution < -0.4 is 9.47 Å². The lowest BCUT2D eigenvalue weighted by molar-refractivity contribution is -0.385. The molecule has 0 atom stereocenters. The van der Waals surface area contributed by atoms with E-state index in [1.807, 2.05) is 0 Å². The molecule has 2 aromatic rings. The van der Waals surface area contributed by atoms with Gasteiger partial charge in [0.1, 0.15) is 13.2 Å². The lowest BCUT2D eigenvalue weighted by Gasteiger charge is -2.18. The summed E-state index contributed by atoms with van der Waals surface area (Å²) in [7, 11) is 0. The number of hydrogen-bond acceptors (Lipinski definition) is 5. The highest BCUT2D eigenvalue weighted by molar-refractivity contribution is 9.10. The van der Waals surface area contributed by atoms with Crippen LogP contribution in [0.1, 0.15) is 5.56 Å². The molecule has 0 N–H and O–H groups in total. The van der Waals surface area contributed by atoms with Crippen molar-refractivity contribution in [2.24, 2.45) is 4.99 Å². The third kappa shape index (κ3) is 3.09. The second-order valence-corrected chi connectivity index (χ2v) is 5.41. The number of benzene rings is 2. The van der Waals surface area contributed by atoms with Crippen LogP contribution in [0.3, 0.4) is 0 Å². The largest absolute Gasteiger partial charge is 0.486 e. The van der Waals surface area contributed by atoms with Gasteiger partial charge in [0.2, 0.25) is 0 Å². The maximum absolute atomic E-state index is 10.9. The first-order chi connectivity index (χ1) is 10.6. The van der Waals surface area contributed by atoms with Crippen LogP contribution in [0.2, 0.25) is 0 Å². The van der Waals surface area contributed by atoms with E-state index in [2.05, 4.69) is 20.9 Å². The number of nitrogens with zero attached hydrogens (tertiary/aromatic N) is 2. The zero-order valence-corrected chi connectivity index (χ0v) is 12.9. The number of aliphatic imine (C=N–C) groups is 1. The minimum absolute atomic E-state index is 0.00567. The van der Waals surface area contributed by atoms with Gasteiger partial charge in [0.15, 0.2) is 11.5 Å². The Balaban J connectivity index is 1.85. The molecule has 0 amide bonds. The molecular weight excluding hydrogens is 352 g/mol. The smallest absolute Gasteiger partial charge is 0.284 e. The molecule has 0 saturated carbocycles. The summed E-state index contributed by atoms with van der Waals surface area (Å²) in [4.78, 5) is 14.8. The molecule has 0 saturated heterocycles. The van der Waals surface area contributed by atoms with Gasteiger partial charge in [-0.25, -0.2) is 0 Å². The van der Waals surface area contributed by atoms with E-state index < -0.39 is 4.92 Å². The van der Waals surface area contributed by atoms with Crippen LogP contribution in [0.4, 0.5) is 11.4 Å². The van der Waals surface area contributed by atoms with Gasteiger partial charge in [-0.2, -0.15) is 0 Å². The summed E-state index contributed by atoms with van der Waals surface area (Å²) < 4.78 is 11.4. The molecule has 0 aliphatic carbocycles. The highest BCUT2D eigenvalue weighted by atomic mass is 79.9. The zero-order chi connectivity index (χ0) is 15.5. The lowest BCUT2D eigenvalue weighted by Crippen LogP contribution is -2.14. The molecule has 112 valence electrons. The monoisotopic (exact) mass is 362 g/mol. The van der Waals surface area contributed by atoms with Crippen LogP contribution in [-0.4, -0.2) is 24.4 Å². The second-order valence-electron chi connectivity index (χ2n) is 4.55. The molecule has 0 bridgehead atoms. The molecule has 0 fully saturated rings. The zero-order valence-electron chi connectivity index (χ0n) is 11.4. The molecule has 0 spiro atoms. The average molecular weight is 363 g/mol. The molecule has 1 aliphatic heterocycles. The molecular formula is C15H11BrN2O4. The van der Waals surface area contributed by atoms with E-state index in [4.69, 9.17) is 9.47 Å². The van der Waals surface area contributed by atoms with E-state index in [-0.39, 0.29) is 5.69 Å². The summed E-state index contributed by atoms with van der Waals surface area (Å²) in [5.41, 5.74) is 1.34. The summed E-state index contributed by atoms with van der Waals surface area (Å²) in [5, 5.41) is 10.9. The number of rotatable bonds is 3. The highest BCUT2D eigenvalue weighted by Crippen LogP contribution is 2.33. The van der Waals surface area contributed by atoms with Crippen molar-refractivity contribution >= 4 is 33.5 Å². The van der Waals surface area contributed by atoms with E-state index >= 15 is 0 Å². The van der Waals surface area contributed by atoms with Gasteiger partial charge in [0.25, 0.3) is 5.69 Å². The van der Waals surface area contributed by atoms with Crippen molar-refractivity contribution < 1.29 is 14.4 Å². The van der Waals surface area contributed by atoms with Crippen molar-refractivity contribution in [3.63, 3.8) is 0 Å². The molecule has 0 unspecified atom stereocenters. The Hall–Kier alpha value is -2.41. The van der Waals surface area contributed by atoms with Crippen molar-refractivity contribution in [3.8, 4) is 11.5 Å². The quantitative estimate of drug-likeness (QED) is 0.471. The third-order valence-electron chi connectivity index (χ3n) is 3.06. The highest BCUT2D eigenvalue weighted by Gasteiger charge is 2.12. The molecule has 1 heterocycles. The minimum Gasteiger partial charge on any atom is -0.486 e. The normalized spacial score (nSPS) is 13.3. The summed E-state index contributed by atoms with van der Waals surface area (Å²) in [6, 6.07) is 10.2. The van der Waals surface area contributed by atoms with Gasteiger partial charge < -0.3 is 9.47 Å². The van der Waals surface area contributed by atoms with Crippen LogP contribution in [0.5, 0.6) is 11.5 Å². The standard InChI is InChI=1S/C15H11BrN2O4/c16-12-3-1-10(7-13(12)18(19)20)9-17-11-2-4-14-15(8-11)22-6-5-21-14/h1-4,7-9H,5-6H2. The number of halogens is 1. The Kier molecular flexibility index (Phi) is 4.06. The average Bonchev–Trinajstić information content (AvgIpc) is 2.53. The molecule has 0 aromatic heterocycles. The summed E-state index contributed by atoms with van der Waals surface area (Å²) in [6.07, 6.45) is 1.57. The fraction of sp³-hybridized carbons (Fsp3) is 0.133. The Morgan fingerprint density at radius 3 is 2.68 bits per heavy atom. The van der Waals surface area contributed by atoms with E-state index in [1.165, 1.54) is 6.07 Å². The lowest BCUT2D eigenvalue weighted by atomic mass is 10.2. The maximum Gasteiger partial charge on any atom is 0.284 e. The first kappa shape index (κ1) is 14.5. The third-order valence-corrected chi connectivity index (χ3v) is 3.73. The summed E-state index contributed by atoms with van der Waals surface area (Å²) in [5.74, 6) is 1.35. The Morgan fingerprint density at radius 1 is 1.14 bits per heavy atom. The van der Waals surface area contributed by atoms with E-state index in [0.717, 1.165) is 0 Å². The molecule has 0 radical (unpaired) electrons. The predicted octanol–water partition coefficient (Wildman–Crippen LogP) is 3.88. The van der Waals surface area contributed by atoms with Gasteiger partial charge in [-0.05, 0) is 39.7 Å². The Morgan fingerprint density at radius 2 is 1.91 bits per heavy atom. The van der Waals surface area contributed by atoms with E-state index in [1.54, 1.807) is 36.5 Å². The van der Waals surface area contributed by atoms with Gasteiger partial charge in [-0.15, -0.1) is 0 Å². The molecule has 22 heavy (non-hydrogen) atoms. The van der Waals surface area contributed by atoms with E-state index in [0.29, 0.717) is 40.4 Å². The van der Waals surface area contributed by atoms with Crippen molar-refractivity contribution in [3.05, 3.63) is 56.5 Å². The molecule has 6 nitrogen and oxygen atoms in total. The SMILES string of the molecule is O=[N+]([O-])c1cc(C=Nc2ccc3c(c2)OCCO3)ccc1Br. The number of nitro benzene ring substituents is 1. The topological polar surface area (TPSA) is 74.0 Å². The fourth-order valence-electron chi connectivity index (χ4n) is 2.01. The van der Waals surface area contributed by atoms with Gasteiger partial charge in [0, 0.05) is 18.3 Å². The predicted molar refractivity (Wildman–Crippen MR) is 85.5 cm³/mol. The maximum atomic E-state index is 10.9. The molecule has 1 aliphatic rings. The van der Waals surface area contributed by atoms with Gasteiger partial charge in [0.05, 0.1) is 15.1 Å². The van der Waals surface area contributed by atoms with Gasteiger partial charge in [-0.3, -0.25) is 15.1 Å². The second kappa shape index (κ2) is 6.15. The van der Waals surface area contributed by atoms with Crippen LogP contribution in [0.15, 0.2) is 45.9 Å². The van der Waals surface area contributed by atoms with E-state index in [9.17, 15) is 10.1 Å². The number of hydrogen-bond donors (Lipinski definition) is 0. The molecule has 3 rings (SSSR count). The number of nitro groups is 1. The van der Waals surface area contributed by atoms with Crippen LogP contribution in [0.25, 0.3) is 0 Å². The minimum atomic E-state index is -0.439.